The Balaban J connectivity index is 1.48. The molecular formula is C32H41NO3. The van der Waals surface area contributed by atoms with Crippen LogP contribution in [0.4, 0.5) is 0 Å². The molecule has 4 rings (SSSR count). The summed E-state index contributed by atoms with van der Waals surface area (Å²) in [4.78, 5) is 2.56. The average Bonchev–Trinajstić information content (AvgIpc) is 2.93. The van der Waals surface area contributed by atoms with E-state index in [0.717, 1.165) is 36.2 Å². The predicted octanol–water partition coefficient (Wildman–Crippen LogP) is 6.39. The second-order valence-electron chi connectivity index (χ2n) is 10.6. The molecule has 0 amide bonds. The van der Waals surface area contributed by atoms with Crippen LogP contribution in [-0.2, 0) is 10.2 Å². The Kier molecular flexibility index (Phi) is 9.33. The lowest BCUT2D eigenvalue weighted by molar-refractivity contribution is -0.132. The van der Waals surface area contributed by atoms with Crippen molar-refractivity contribution in [1.29, 1.82) is 0 Å². The number of aliphatic hydroxyl groups is 2. The molecule has 36 heavy (non-hydrogen) atoms. The molecule has 3 aromatic rings. The molecule has 1 fully saturated rings. The number of hydrogen-bond acceptors (Lipinski definition) is 4. The van der Waals surface area contributed by atoms with Crippen LogP contribution in [-0.4, -0.2) is 41.1 Å². The number of benzene rings is 3. The van der Waals surface area contributed by atoms with Crippen molar-refractivity contribution >= 4 is 0 Å². The maximum atomic E-state index is 11.1. The molecule has 4 nitrogen and oxygen atoms in total. The summed E-state index contributed by atoms with van der Waals surface area (Å²) >= 11 is 0. The van der Waals surface area contributed by atoms with Crippen LogP contribution >= 0.6 is 0 Å². The first-order chi connectivity index (χ1) is 17.5. The summed E-state index contributed by atoms with van der Waals surface area (Å²) in [5, 5.41) is 20.8. The number of rotatable bonds is 11. The standard InChI is InChI=1S/C32H41NO3/c1-32(2,24-34)28-18-16-25(17-19-28)29(33-22-10-5-11-23-33)20-21-30(35)36-31(26-12-6-3-7-13-26)27-14-8-4-9-15-27/h3-4,6-9,12-19,29-31,34-35H,5,10-11,20-24H2,1-2H3. The summed E-state index contributed by atoms with van der Waals surface area (Å²) in [5.74, 6) is 0. The third-order valence-corrected chi connectivity index (χ3v) is 7.49. The van der Waals surface area contributed by atoms with Crippen molar-refractivity contribution < 1.29 is 14.9 Å². The zero-order valence-corrected chi connectivity index (χ0v) is 21.7. The maximum Gasteiger partial charge on any atom is 0.155 e. The van der Waals surface area contributed by atoms with Crippen molar-refractivity contribution in [2.75, 3.05) is 19.7 Å². The molecule has 0 bridgehead atoms. The van der Waals surface area contributed by atoms with Crippen molar-refractivity contribution in [3.63, 3.8) is 0 Å². The Morgan fingerprint density at radius 2 is 1.31 bits per heavy atom. The summed E-state index contributed by atoms with van der Waals surface area (Å²) in [7, 11) is 0. The van der Waals surface area contributed by atoms with Gasteiger partial charge < -0.3 is 14.9 Å². The quantitative estimate of drug-likeness (QED) is 0.308. The van der Waals surface area contributed by atoms with Gasteiger partial charge >= 0.3 is 0 Å². The molecule has 0 aromatic heterocycles. The van der Waals surface area contributed by atoms with E-state index in [1.54, 1.807) is 0 Å². The molecule has 3 aromatic carbocycles. The van der Waals surface area contributed by atoms with Gasteiger partial charge in [0.15, 0.2) is 6.29 Å². The highest BCUT2D eigenvalue weighted by molar-refractivity contribution is 5.31. The second kappa shape index (κ2) is 12.6. The summed E-state index contributed by atoms with van der Waals surface area (Å²) in [5.41, 5.74) is 4.23. The minimum atomic E-state index is -0.865. The normalized spacial score (nSPS) is 16.7. The van der Waals surface area contributed by atoms with Gasteiger partial charge in [0.25, 0.3) is 0 Å². The minimum Gasteiger partial charge on any atom is -0.395 e. The van der Waals surface area contributed by atoms with Gasteiger partial charge in [-0.1, -0.05) is 105 Å². The van der Waals surface area contributed by atoms with Crippen molar-refractivity contribution in [3.8, 4) is 0 Å². The number of likely N-dealkylation sites (tertiary alicyclic amines) is 1. The van der Waals surface area contributed by atoms with E-state index >= 15 is 0 Å². The Bertz CT molecular complexity index is 991. The Labute approximate surface area is 216 Å². The zero-order chi connectivity index (χ0) is 25.4. The average molecular weight is 488 g/mol. The van der Waals surface area contributed by atoms with Crippen LogP contribution in [0.2, 0.25) is 0 Å². The molecule has 0 radical (unpaired) electrons. The first-order valence-corrected chi connectivity index (χ1v) is 13.4. The third kappa shape index (κ3) is 6.83. The third-order valence-electron chi connectivity index (χ3n) is 7.49. The molecule has 1 aliphatic heterocycles. The first kappa shape index (κ1) is 26.6. The monoisotopic (exact) mass is 487 g/mol. The summed E-state index contributed by atoms with van der Waals surface area (Å²) in [6, 6.07) is 29.2. The Hall–Kier alpha value is -2.50. The number of nitrogens with zero attached hydrogens (tertiary/aromatic N) is 1. The highest BCUT2D eigenvalue weighted by atomic mass is 16.6. The van der Waals surface area contributed by atoms with Crippen LogP contribution in [0.5, 0.6) is 0 Å². The Morgan fingerprint density at radius 1 is 0.750 bits per heavy atom. The molecule has 2 unspecified atom stereocenters. The molecule has 1 aliphatic rings. The van der Waals surface area contributed by atoms with E-state index in [2.05, 4.69) is 67.3 Å². The summed E-state index contributed by atoms with van der Waals surface area (Å²) in [6.07, 6.45) is 3.92. The molecule has 2 N–H and O–H groups in total. The van der Waals surface area contributed by atoms with Gasteiger partial charge in [-0.3, -0.25) is 4.90 Å². The lowest BCUT2D eigenvalue weighted by Gasteiger charge is -2.36. The fraction of sp³-hybridized carbons (Fsp3) is 0.438. The number of aliphatic hydroxyl groups excluding tert-OH is 2. The molecule has 0 spiro atoms. The largest absolute Gasteiger partial charge is 0.395 e. The van der Waals surface area contributed by atoms with E-state index in [1.165, 1.54) is 24.8 Å². The smallest absolute Gasteiger partial charge is 0.155 e. The van der Waals surface area contributed by atoms with Crippen LogP contribution in [0.1, 0.15) is 80.4 Å². The van der Waals surface area contributed by atoms with Crippen molar-refractivity contribution in [3.05, 3.63) is 107 Å². The van der Waals surface area contributed by atoms with E-state index in [9.17, 15) is 10.2 Å². The predicted molar refractivity (Wildman–Crippen MR) is 146 cm³/mol. The van der Waals surface area contributed by atoms with Gasteiger partial charge in [-0.15, -0.1) is 0 Å². The maximum absolute atomic E-state index is 11.1. The molecule has 1 saturated heterocycles. The highest BCUT2D eigenvalue weighted by Crippen LogP contribution is 2.33. The van der Waals surface area contributed by atoms with Gasteiger partial charge in [0.1, 0.15) is 6.10 Å². The van der Waals surface area contributed by atoms with Crippen molar-refractivity contribution in [1.82, 2.24) is 4.90 Å². The van der Waals surface area contributed by atoms with Crippen LogP contribution in [0, 0.1) is 0 Å². The topological polar surface area (TPSA) is 52.9 Å². The molecule has 0 aliphatic carbocycles. The Morgan fingerprint density at radius 3 is 1.83 bits per heavy atom. The SMILES string of the molecule is CC(C)(CO)c1ccc(C(CCC(O)OC(c2ccccc2)c2ccccc2)N2CCCCC2)cc1. The van der Waals surface area contributed by atoms with Gasteiger partial charge in [-0.2, -0.15) is 0 Å². The molecule has 1 heterocycles. The minimum absolute atomic E-state index is 0.120. The molecule has 0 saturated carbocycles. The highest BCUT2D eigenvalue weighted by Gasteiger charge is 2.26. The first-order valence-electron chi connectivity index (χ1n) is 13.4. The van der Waals surface area contributed by atoms with E-state index in [-0.39, 0.29) is 24.2 Å². The summed E-state index contributed by atoms with van der Waals surface area (Å²) < 4.78 is 6.28. The fourth-order valence-electron chi connectivity index (χ4n) is 5.17. The van der Waals surface area contributed by atoms with E-state index in [4.69, 9.17) is 4.74 Å². The van der Waals surface area contributed by atoms with E-state index in [1.807, 2.05) is 36.4 Å². The van der Waals surface area contributed by atoms with Gasteiger partial charge in [-0.25, -0.2) is 0 Å². The lowest BCUT2D eigenvalue weighted by Crippen LogP contribution is -2.34. The van der Waals surface area contributed by atoms with Crippen LogP contribution < -0.4 is 0 Å². The number of hydrogen-bond donors (Lipinski definition) is 2. The van der Waals surface area contributed by atoms with Crippen molar-refractivity contribution in [2.45, 2.75) is 69.8 Å². The number of piperidine rings is 1. The van der Waals surface area contributed by atoms with Crippen molar-refractivity contribution in [2.24, 2.45) is 0 Å². The van der Waals surface area contributed by atoms with Gasteiger partial charge in [0, 0.05) is 17.9 Å². The molecular weight excluding hydrogens is 446 g/mol. The van der Waals surface area contributed by atoms with Gasteiger partial charge in [0.05, 0.1) is 6.61 Å². The van der Waals surface area contributed by atoms with Gasteiger partial charge in [-0.05, 0) is 54.6 Å². The summed E-state index contributed by atoms with van der Waals surface area (Å²) in [6.45, 7) is 6.42. The van der Waals surface area contributed by atoms with Crippen LogP contribution in [0.25, 0.3) is 0 Å². The molecule has 4 heteroatoms. The molecule has 2 atom stereocenters. The molecule has 192 valence electrons. The van der Waals surface area contributed by atoms with Gasteiger partial charge in [0.2, 0.25) is 0 Å². The van der Waals surface area contributed by atoms with Crippen LogP contribution in [0.3, 0.4) is 0 Å². The number of ether oxygens (including phenoxy) is 1. The van der Waals surface area contributed by atoms with E-state index in [0.29, 0.717) is 6.42 Å². The fourth-order valence-corrected chi connectivity index (χ4v) is 5.17. The van der Waals surface area contributed by atoms with E-state index < -0.39 is 6.29 Å². The lowest BCUT2D eigenvalue weighted by atomic mass is 9.84. The second-order valence-corrected chi connectivity index (χ2v) is 10.6. The van der Waals surface area contributed by atoms with Crippen LogP contribution in [0.15, 0.2) is 84.9 Å². The zero-order valence-electron chi connectivity index (χ0n) is 21.7.